The van der Waals surface area contributed by atoms with Crippen LogP contribution in [0.5, 0.6) is 0 Å². The number of benzene rings is 1. The maximum Gasteiger partial charge on any atom is 0.269 e. The molecule has 0 unspecified atom stereocenters. The lowest BCUT2D eigenvalue weighted by molar-refractivity contribution is 0.1000. The Balaban J connectivity index is 2.63. The van der Waals surface area contributed by atoms with Crippen LogP contribution < -0.4 is 16.6 Å². The van der Waals surface area contributed by atoms with Crippen LogP contribution in [0.15, 0.2) is 27.5 Å². The normalized spacial score (nSPS) is 10.5. The Hall–Kier alpha value is -1.86. The van der Waals surface area contributed by atoms with Crippen molar-refractivity contribution in [2.75, 3.05) is 5.32 Å². The number of nitrogens with one attached hydrogen (secondary N) is 2. The summed E-state index contributed by atoms with van der Waals surface area (Å²) in [5.74, 6) is -1.36. The molecule has 21 heavy (non-hydrogen) atoms. The van der Waals surface area contributed by atoms with E-state index in [4.69, 9.17) is 17.3 Å². The highest BCUT2D eigenvalue weighted by Gasteiger charge is 2.19. The number of amides is 1. The van der Waals surface area contributed by atoms with E-state index in [0.29, 0.717) is 4.47 Å². The number of hydrogen-bond donors (Lipinski definition) is 3. The third-order valence-electron chi connectivity index (χ3n) is 2.78. The smallest absolute Gasteiger partial charge is 0.269 e. The van der Waals surface area contributed by atoms with Crippen molar-refractivity contribution >= 4 is 44.8 Å². The largest absolute Gasteiger partial charge is 0.365 e. The Labute approximate surface area is 132 Å². The average Bonchev–Trinajstić information content (AvgIpc) is 2.38. The average molecular weight is 375 g/mol. The van der Waals surface area contributed by atoms with Gasteiger partial charge in [-0.05, 0) is 25.1 Å². The van der Waals surface area contributed by atoms with E-state index in [1.165, 1.54) is 19.1 Å². The maximum atomic E-state index is 13.9. The SMILES string of the molecule is Cc1[nH]c(=O)c(Cl)c(Nc2ccc(Br)cc2F)c1C(N)=O. The zero-order valence-corrected chi connectivity index (χ0v) is 13.1. The van der Waals surface area contributed by atoms with Gasteiger partial charge in [-0.25, -0.2) is 4.39 Å². The van der Waals surface area contributed by atoms with Gasteiger partial charge in [0.2, 0.25) is 0 Å². The minimum absolute atomic E-state index is 0.00178. The van der Waals surface area contributed by atoms with Gasteiger partial charge in [0.25, 0.3) is 11.5 Å². The highest BCUT2D eigenvalue weighted by Crippen LogP contribution is 2.30. The molecule has 4 N–H and O–H groups in total. The van der Waals surface area contributed by atoms with Gasteiger partial charge in [-0.15, -0.1) is 0 Å². The number of aromatic amines is 1. The second-order valence-corrected chi connectivity index (χ2v) is 5.55. The minimum Gasteiger partial charge on any atom is -0.365 e. The van der Waals surface area contributed by atoms with E-state index in [0.717, 1.165) is 0 Å². The van der Waals surface area contributed by atoms with Crippen molar-refractivity contribution in [2.45, 2.75) is 6.92 Å². The second-order valence-electron chi connectivity index (χ2n) is 4.26. The van der Waals surface area contributed by atoms with E-state index in [1.54, 1.807) is 6.07 Å². The predicted molar refractivity (Wildman–Crippen MR) is 82.7 cm³/mol. The molecule has 2 rings (SSSR count). The Morgan fingerprint density at radius 2 is 2.14 bits per heavy atom. The summed E-state index contributed by atoms with van der Waals surface area (Å²) >= 11 is 9.04. The number of H-pyrrole nitrogens is 1. The molecule has 0 fully saturated rings. The van der Waals surface area contributed by atoms with Crippen LogP contribution in [-0.4, -0.2) is 10.9 Å². The molecule has 0 saturated carbocycles. The number of hydrogen-bond acceptors (Lipinski definition) is 3. The third kappa shape index (κ3) is 3.08. The summed E-state index contributed by atoms with van der Waals surface area (Å²) in [4.78, 5) is 25.6. The lowest BCUT2D eigenvalue weighted by Gasteiger charge is -2.14. The molecule has 0 spiro atoms. The van der Waals surface area contributed by atoms with Gasteiger partial charge in [0.05, 0.1) is 16.9 Å². The summed E-state index contributed by atoms with van der Waals surface area (Å²) in [5.41, 5.74) is 4.98. The van der Waals surface area contributed by atoms with Crippen molar-refractivity contribution < 1.29 is 9.18 Å². The number of halogens is 3. The Morgan fingerprint density at radius 1 is 1.48 bits per heavy atom. The fourth-order valence-corrected chi connectivity index (χ4v) is 2.37. The standard InChI is InChI=1S/C13H10BrClFN3O2/c1-5-9(12(17)20)11(10(15)13(21)18-5)19-8-3-2-6(14)4-7(8)16/h2-4H,1H3,(H2,17,20)(H2,18,19,21). The van der Waals surface area contributed by atoms with Crippen LogP contribution in [0.4, 0.5) is 15.8 Å². The number of nitrogens with two attached hydrogens (primary N) is 1. The number of rotatable bonds is 3. The van der Waals surface area contributed by atoms with E-state index in [9.17, 15) is 14.0 Å². The van der Waals surface area contributed by atoms with E-state index in [-0.39, 0.29) is 27.7 Å². The van der Waals surface area contributed by atoms with Gasteiger partial charge in [-0.3, -0.25) is 9.59 Å². The number of carbonyl (C=O) groups excluding carboxylic acids is 1. The number of pyridine rings is 1. The molecule has 8 heteroatoms. The fraction of sp³-hybridized carbons (Fsp3) is 0.0769. The monoisotopic (exact) mass is 373 g/mol. The molecule has 1 aromatic carbocycles. The molecule has 0 aliphatic carbocycles. The molecule has 0 atom stereocenters. The number of anilines is 2. The zero-order valence-electron chi connectivity index (χ0n) is 10.8. The van der Waals surface area contributed by atoms with Crippen molar-refractivity contribution in [3.63, 3.8) is 0 Å². The first kappa shape index (κ1) is 15.5. The van der Waals surface area contributed by atoms with E-state index in [1.807, 2.05) is 0 Å². The molecule has 5 nitrogen and oxygen atoms in total. The summed E-state index contributed by atoms with van der Waals surface area (Å²) in [6.07, 6.45) is 0. The predicted octanol–water partition coefficient (Wildman–Crippen LogP) is 3.08. The van der Waals surface area contributed by atoms with Crippen molar-refractivity contribution in [1.29, 1.82) is 0 Å². The summed E-state index contributed by atoms with van der Waals surface area (Å²) in [5, 5.41) is 2.38. The molecule has 1 heterocycles. The van der Waals surface area contributed by atoms with Gasteiger partial charge >= 0.3 is 0 Å². The lowest BCUT2D eigenvalue weighted by Crippen LogP contribution is -2.21. The van der Waals surface area contributed by atoms with Crippen molar-refractivity contribution in [3.05, 3.63) is 55.1 Å². The lowest BCUT2D eigenvalue weighted by atomic mass is 10.1. The Morgan fingerprint density at radius 3 is 2.71 bits per heavy atom. The first-order valence-corrected chi connectivity index (χ1v) is 6.92. The van der Waals surface area contributed by atoms with Crippen LogP contribution >= 0.6 is 27.5 Å². The van der Waals surface area contributed by atoms with Crippen LogP contribution in [0, 0.1) is 12.7 Å². The molecule has 1 aromatic heterocycles. The van der Waals surface area contributed by atoms with E-state index >= 15 is 0 Å². The Kier molecular flexibility index (Phi) is 4.34. The van der Waals surface area contributed by atoms with Gasteiger partial charge in [0.15, 0.2) is 0 Å². The summed E-state index contributed by atoms with van der Waals surface area (Å²) in [6, 6.07) is 4.28. The first-order chi connectivity index (χ1) is 9.81. The minimum atomic E-state index is -0.786. The van der Waals surface area contributed by atoms with Gasteiger partial charge in [-0.1, -0.05) is 27.5 Å². The highest BCUT2D eigenvalue weighted by molar-refractivity contribution is 9.10. The molecule has 1 amide bonds. The molecule has 0 aliphatic heterocycles. The summed E-state index contributed by atoms with van der Waals surface area (Å²) < 4.78 is 14.4. The van der Waals surface area contributed by atoms with Gasteiger partial charge in [0, 0.05) is 10.2 Å². The molecule has 0 aliphatic rings. The molecular formula is C13H10BrClFN3O2. The quantitative estimate of drug-likeness (QED) is 0.771. The van der Waals surface area contributed by atoms with Gasteiger partial charge in [-0.2, -0.15) is 0 Å². The van der Waals surface area contributed by atoms with Gasteiger partial charge in [0.1, 0.15) is 10.8 Å². The van der Waals surface area contributed by atoms with E-state index < -0.39 is 17.3 Å². The number of primary amides is 1. The van der Waals surface area contributed by atoms with Crippen LogP contribution in [0.2, 0.25) is 5.02 Å². The van der Waals surface area contributed by atoms with Crippen molar-refractivity contribution in [1.82, 2.24) is 4.98 Å². The highest BCUT2D eigenvalue weighted by atomic mass is 79.9. The number of carbonyl (C=O) groups is 1. The summed E-state index contributed by atoms with van der Waals surface area (Å²) in [6.45, 7) is 1.50. The molecular weight excluding hydrogens is 365 g/mol. The van der Waals surface area contributed by atoms with Crippen LogP contribution in [0.25, 0.3) is 0 Å². The van der Waals surface area contributed by atoms with Crippen molar-refractivity contribution in [2.24, 2.45) is 5.73 Å². The van der Waals surface area contributed by atoms with Gasteiger partial charge < -0.3 is 16.0 Å². The van der Waals surface area contributed by atoms with Crippen molar-refractivity contribution in [3.8, 4) is 0 Å². The fourth-order valence-electron chi connectivity index (χ4n) is 1.85. The molecule has 0 saturated heterocycles. The van der Waals surface area contributed by atoms with Crippen LogP contribution in [-0.2, 0) is 0 Å². The Bertz CT molecular complexity index is 792. The maximum absolute atomic E-state index is 13.9. The third-order valence-corrected chi connectivity index (χ3v) is 3.64. The second kappa shape index (κ2) is 5.87. The topological polar surface area (TPSA) is 88.0 Å². The molecule has 0 radical (unpaired) electrons. The number of aryl methyl sites for hydroxylation is 1. The number of aromatic nitrogens is 1. The van der Waals surface area contributed by atoms with E-state index in [2.05, 4.69) is 26.2 Å². The molecule has 0 bridgehead atoms. The first-order valence-electron chi connectivity index (χ1n) is 5.75. The zero-order chi connectivity index (χ0) is 15.7. The molecule has 2 aromatic rings. The summed E-state index contributed by atoms with van der Waals surface area (Å²) in [7, 11) is 0. The van der Waals surface area contributed by atoms with Crippen LogP contribution in [0.1, 0.15) is 16.1 Å². The van der Waals surface area contributed by atoms with Crippen LogP contribution in [0.3, 0.4) is 0 Å². The molecule has 110 valence electrons.